The smallest absolute Gasteiger partial charge is 0.265 e. The van der Waals surface area contributed by atoms with Gasteiger partial charge in [0.15, 0.2) is 0 Å². The van der Waals surface area contributed by atoms with Crippen molar-refractivity contribution < 1.29 is 13.2 Å². The number of nitrogens with one attached hydrogen (secondary N) is 1. The van der Waals surface area contributed by atoms with Crippen molar-refractivity contribution >= 4 is 38.9 Å². The molecule has 112 valence electrons. The number of anilines is 1. The first kappa shape index (κ1) is 15.9. The molecule has 4 nitrogen and oxygen atoms in total. The molecule has 0 radical (unpaired) electrons. The molecule has 0 aromatic heterocycles. The quantitative estimate of drug-likeness (QED) is 0.906. The van der Waals surface area contributed by atoms with Gasteiger partial charge in [0.05, 0.1) is 12.8 Å². The van der Waals surface area contributed by atoms with Crippen LogP contribution in [0.5, 0.6) is 5.75 Å². The summed E-state index contributed by atoms with van der Waals surface area (Å²) in [6.45, 7) is 1.78. The molecular formula is C14H13Cl2NO3S. The second-order valence-electron chi connectivity index (χ2n) is 4.36. The van der Waals surface area contributed by atoms with Crippen molar-refractivity contribution in [3.63, 3.8) is 0 Å². The summed E-state index contributed by atoms with van der Waals surface area (Å²) in [6.07, 6.45) is 0. The van der Waals surface area contributed by atoms with Crippen LogP contribution in [0.3, 0.4) is 0 Å². The van der Waals surface area contributed by atoms with Crippen LogP contribution >= 0.6 is 23.2 Å². The highest BCUT2D eigenvalue weighted by atomic mass is 35.5. The summed E-state index contributed by atoms with van der Waals surface area (Å²) in [6, 6.07) is 9.36. The van der Waals surface area contributed by atoms with Crippen LogP contribution in [-0.4, -0.2) is 15.5 Å². The fraction of sp³-hybridized carbons (Fsp3) is 0.143. The van der Waals surface area contributed by atoms with Gasteiger partial charge in [0, 0.05) is 10.0 Å². The van der Waals surface area contributed by atoms with Crippen molar-refractivity contribution in [2.75, 3.05) is 11.8 Å². The number of ether oxygens (including phenoxy) is 1. The fourth-order valence-electron chi connectivity index (χ4n) is 1.76. The third kappa shape index (κ3) is 3.61. The van der Waals surface area contributed by atoms with E-state index in [9.17, 15) is 8.42 Å². The van der Waals surface area contributed by atoms with Crippen molar-refractivity contribution in [1.29, 1.82) is 0 Å². The fourth-order valence-corrected chi connectivity index (χ4v) is 3.49. The van der Waals surface area contributed by atoms with E-state index < -0.39 is 10.0 Å². The number of methoxy groups -OCH3 is 1. The van der Waals surface area contributed by atoms with Gasteiger partial charge in [0.1, 0.15) is 10.6 Å². The number of rotatable bonds is 4. The lowest BCUT2D eigenvalue weighted by atomic mass is 10.2. The van der Waals surface area contributed by atoms with Crippen molar-refractivity contribution in [2.45, 2.75) is 11.8 Å². The molecule has 1 N–H and O–H groups in total. The van der Waals surface area contributed by atoms with Crippen LogP contribution in [0, 0.1) is 6.92 Å². The van der Waals surface area contributed by atoms with E-state index in [0.29, 0.717) is 15.7 Å². The largest absolute Gasteiger partial charge is 0.495 e. The number of hydrogen-bond donors (Lipinski definition) is 1. The summed E-state index contributed by atoms with van der Waals surface area (Å²) in [4.78, 5) is -0.0307. The lowest BCUT2D eigenvalue weighted by Gasteiger charge is -2.13. The first-order valence-electron chi connectivity index (χ1n) is 5.96. The summed E-state index contributed by atoms with van der Waals surface area (Å²) < 4.78 is 32.6. The van der Waals surface area contributed by atoms with E-state index in [0.717, 1.165) is 5.56 Å². The molecule has 0 saturated carbocycles. The Morgan fingerprint density at radius 3 is 2.33 bits per heavy atom. The number of aryl methyl sites for hydroxylation is 1. The van der Waals surface area contributed by atoms with E-state index in [1.54, 1.807) is 31.2 Å². The summed E-state index contributed by atoms with van der Waals surface area (Å²) in [5, 5.41) is 0.746. The van der Waals surface area contributed by atoms with Gasteiger partial charge in [-0.25, -0.2) is 8.42 Å². The Hall–Kier alpha value is -1.43. The molecule has 0 heterocycles. The molecule has 2 aromatic rings. The number of benzene rings is 2. The van der Waals surface area contributed by atoms with Gasteiger partial charge < -0.3 is 4.74 Å². The second kappa shape index (κ2) is 6.13. The predicted octanol–water partition coefficient (Wildman–Crippen LogP) is 4.11. The predicted molar refractivity (Wildman–Crippen MR) is 85.0 cm³/mol. The number of sulfonamides is 1. The first-order chi connectivity index (χ1) is 9.83. The average Bonchev–Trinajstić information content (AvgIpc) is 2.42. The lowest BCUT2D eigenvalue weighted by molar-refractivity contribution is 0.403. The van der Waals surface area contributed by atoms with Gasteiger partial charge in [0.25, 0.3) is 10.0 Å². The van der Waals surface area contributed by atoms with Gasteiger partial charge in [0.2, 0.25) is 0 Å². The van der Waals surface area contributed by atoms with Crippen molar-refractivity contribution in [3.8, 4) is 5.75 Å². The van der Waals surface area contributed by atoms with Crippen molar-refractivity contribution in [1.82, 2.24) is 0 Å². The van der Waals surface area contributed by atoms with E-state index in [-0.39, 0.29) is 10.6 Å². The van der Waals surface area contributed by atoms with Crippen LogP contribution in [0.25, 0.3) is 0 Å². The average molecular weight is 346 g/mol. The minimum absolute atomic E-state index is 0.0307. The Kier molecular flexibility index (Phi) is 4.66. The van der Waals surface area contributed by atoms with Gasteiger partial charge in [-0.3, -0.25) is 4.72 Å². The molecule has 0 amide bonds. The van der Waals surface area contributed by atoms with Gasteiger partial charge in [-0.15, -0.1) is 0 Å². The third-order valence-electron chi connectivity index (χ3n) is 2.86. The zero-order valence-electron chi connectivity index (χ0n) is 11.4. The summed E-state index contributed by atoms with van der Waals surface area (Å²) in [5.74, 6) is 0.214. The van der Waals surface area contributed by atoms with E-state index in [1.165, 1.54) is 19.2 Å². The van der Waals surface area contributed by atoms with Crippen molar-refractivity contribution in [2.24, 2.45) is 0 Å². The summed E-state index contributed by atoms with van der Waals surface area (Å²) >= 11 is 11.8. The molecule has 0 aliphatic carbocycles. The normalized spacial score (nSPS) is 11.2. The Balaban J connectivity index is 2.48. The molecule has 0 atom stereocenters. The zero-order valence-corrected chi connectivity index (χ0v) is 13.7. The molecular weight excluding hydrogens is 333 g/mol. The molecule has 0 aliphatic heterocycles. The highest BCUT2D eigenvalue weighted by Crippen LogP contribution is 2.30. The molecule has 0 spiro atoms. The topological polar surface area (TPSA) is 55.4 Å². The van der Waals surface area contributed by atoms with Gasteiger partial charge in [-0.05, 0) is 42.8 Å². The number of hydrogen-bond acceptors (Lipinski definition) is 3. The minimum Gasteiger partial charge on any atom is -0.495 e. The molecule has 2 rings (SSSR count). The standard InChI is InChI=1S/C14H13Cl2NO3S/c1-9-3-4-10(15)7-12(9)17-21(18,19)14-8-11(16)5-6-13(14)20-2/h3-8,17H,1-2H3. The minimum atomic E-state index is -3.84. The van der Waals surface area contributed by atoms with Crippen LogP contribution in [0.4, 0.5) is 5.69 Å². The van der Waals surface area contributed by atoms with E-state index in [1.807, 2.05) is 0 Å². The molecule has 0 fully saturated rings. The zero-order chi connectivity index (χ0) is 15.6. The molecule has 7 heteroatoms. The summed E-state index contributed by atoms with van der Waals surface area (Å²) in [5.41, 5.74) is 1.16. The van der Waals surface area contributed by atoms with Crippen LogP contribution in [0.2, 0.25) is 10.0 Å². The maximum atomic E-state index is 12.5. The first-order valence-corrected chi connectivity index (χ1v) is 8.20. The molecule has 21 heavy (non-hydrogen) atoms. The molecule has 0 unspecified atom stereocenters. The van der Waals surface area contributed by atoms with Crippen molar-refractivity contribution in [3.05, 3.63) is 52.0 Å². The molecule has 2 aromatic carbocycles. The van der Waals surface area contributed by atoms with E-state index in [4.69, 9.17) is 27.9 Å². The SMILES string of the molecule is COc1ccc(Cl)cc1S(=O)(=O)Nc1cc(Cl)ccc1C. The van der Waals surface area contributed by atoms with Gasteiger partial charge in [-0.1, -0.05) is 29.3 Å². The molecule has 0 bridgehead atoms. The Bertz CT molecular complexity index is 776. The number of halogens is 2. The van der Waals surface area contributed by atoms with Gasteiger partial charge >= 0.3 is 0 Å². The Morgan fingerprint density at radius 2 is 1.67 bits per heavy atom. The highest BCUT2D eigenvalue weighted by molar-refractivity contribution is 7.92. The Morgan fingerprint density at radius 1 is 1.05 bits per heavy atom. The van der Waals surface area contributed by atoms with Crippen LogP contribution in [0.1, 0.15) is 5.56 Å². The monoisotopic (exact) mass is 345 g/mol. The molecule has 0 aliphatic rings. The maximum Gasteiger partial charge on any atom is 0.265 e. The second-order valence-corrected chi connectivity index (χ2v) is 6.88. The Labute approximate surface area is 133 Å². The lowest BCUT2D eigenvalue weighted by Crippen LogP contribution is -2.14. The third-order valence-corrected chi connectivity index (χ3v) is 4.72. The van der Waals surface area contributed by atoms with Crippen LogP contribution in [0.15, 0.2) is 41.3 Å². The van der Waals surface area contributed by atoms with Gasteiger partial charge in [-0.2, -0.15) is 0 Å². The highest BCUT2D eigenvalue weighted by Gasteiger charge is 2.21. The van der Waals surface area contributed by atoms with E-state index in [2.05, 4.69) is 4.72 Å². The summed E-state index contributed by atoms with van der Waals surface area (Å²) in [7, 11) is -2.44. The van der Waals surface area contributed by atoms with E-state index >= 15 is 0 Å². The van der Waals surface area contributed by atoms with Crippen LogP contribution in [-0.2, 0) is 10.0 Å². The van der Waals surface area contributed by atoms with Crippen LogP contribution < -0.4 is 9.46 Å². The molecule has 0 saturated heterocycles. The maximum absolute atomic E-state index is 12.5.